The molecule has 0 radical (unpaired) electrons. The summed E-state index contributed by atoms with van der Waals surface area (Å²) >= 11 is 11.5. The molecule has 0 saturated carbocycles. The van der Waals surface area contributed by atoms with Crippen molar-refractivity contribution < 1.29 is 0 Å². The van der Waals surface area contributed by atoms with Crippen LogP contribution >= 0.6 is 47.8 Å². The third-order valence-electron chi connectivity index (χ3n) is 7.58. The summed E-state index contributed by atoms with van der Waals surface area (Å²) in [4.78, 5) is 0. The maximum absolute atomic E-state index is 3.88. The van der Waals surface area contributed by atoms with Gasteiger partial charge in [0, 0.05) is 13.4 Å². The summed E-state index contributed by atoms with van der Waals surface area (Å²) in [5.41, 5.74) is 11.2. The number of rotatable bonds is 0. The van der Waals surface area contributed by atoms with Crippen LogP contribution in [0.3, 0.4) is 0 Å². The van der Waals surface area contributed by atoms with E-state index in [2.05, 4.69) is 152 Å². The molecule has 5 aromatic rings. The minimum absolute atomic E-state index is 0.441. The predicted molar refractivity (Wildman–Crippen MR) is 158 cm³/mol. The Morgan fingerprint density at radius 3 is 1.89 bits per heavy atom. The quantitative estimate of drug-likeness (QED) is 0.154. The SMILES string of the molecule is Cc1cc2c(cc1Br)C1(c3cc(Br)c(Br)cc3C=C2)c2ccccc2-c2cc3ccccc3cc21. The van der Waals surface area contributed by atoms with Crippen molar-refractivity contribution in [2.45, 2.75) is 12.3 Å². The predicted octanol–water partition coefficient (Wildman–Crippen LogP) is 10.3. The fourth-order valence-electron chi connectivity index (χ4n) is 6.06. The van der Waals surface area contributed by atoms with E-state index in [1.54, 1.807) is 0 Å². The van der Waals surface area contributed by atoms with Crippen molar-refractivity contribution in [3.63, 3.8) is 0 Å². The Kier molecular flexibility index (Phi) is 4.84. The highest BCUT2D eigenvalue weighted by Crippen LogP contribution is 2.60. The molecule has 3 heteroatoms. The molecule has 2 aliphatic rings. The van der Waals surface area contributed by atoms with Gasteiger partial charge in [0.2, 0.25) is 0 Å². The molecular weight excluding hydrogens is 624 g/mol. The lowest BCUT2D eigenvalue weighted by Gasteiger charge is -2.36. The van der Waals surface area contributed by atoms with Crippen molar-refractivity contribution >= 4 is 70.7 Å². The molecule has 0 saturated heterocycles. The summed E-state index contributed by atoms with van der Waals surface area (Å²) in [5, 5.41) is 2.54. The highest BCUT2D eigenvalue weighted by atomic mass is 79.9. The third kappa shape index (κ3) is 2.95. The second-order valence-electron chi connectivity index (χ2n) is 9.42. The van der Waals surface area contributed by atoms with E-state index in [1.165, 1.54) is 60.8 Å². The Labute approximate surface area is 230 Å². The van der Waals surface area contributed by atoms with Crippen LogP contribution in [0.15, 0.2) is 98.3 Å². The molecular formula is C32H19Br3. The largest absolute Gasteiger partial charge is 0.0726 e. The van der Waals surface area contributed by atoms with Gasteiger partial charge in [-0.15, -0.1) is 0 Å². The number of benzene rings is 5. The van der Waals surface area contributed by atoms with Crippen molar-refractivity contribution in [3.8, 4) is 11.1 Å². The first-order valence-corrected chi connectivity index (χ1v) is 14.0. The molecule has 0 aliphatic heterocycles. The van der Waals surface area contributed by atoms with Crippen LogP contribution < -0.4 is 0 Å². The summed E-state index contributed by atoms with van der Waals surface area (Å²) < 4.78 is 3.25. The average molecular weight is 643 g/mol. The summed E-state index contributed by atoms with van der Waals surface area (Å²) in [6.45, 7) is 2.17. The van der Waals surface area contributed by atoms with Crippen LogP contribution in [0.25, 0.3) is 34.1 Å². The van der Waals surface area contributed by atoms with Gasteiger partial charge >= 0.3 is 0 Å². The fraction of sp³-hybridized carbons (Fsp3) is 0.0625. The van der Waals surface area contributed by atoms with Crippen LogP contribution in [0, 0.1) is 6.92 Å². The van der Waals surface area contributed by atoms with E-state index in [0.717, 1.165) is 13.4 Å². The minimum atomic E-state index is -0.441. The molecule has 5 aromatic carbocycles. The van der Waals surface area contributed by atoms with Gasteiger partial charge in [0.25, 0.3) is 0 Å². The van der Waals surface area contributed by atoms with Crippen molar-refractivity contribution in [2.75, 3.05) is 0 Å². The number of halogens is 3. The van der Waals surface area contributed by atoms with Gasteiger partial charge in [-0.25, -0.2) is 0 Å². The first-order chi connectivity index (χ1) is 17.0. The van der Waals surface area contributed by atoms with E-state index in [1.807, 2.05) is 0 Å². The number of aryl methyl sites for hydroxylation is 1. The van der Waals surface area contributed by atoms with E-state index in [9.17, 15) is 0 Å². The lowest BCUT2D eigenvalue weighted by atomic mass is 9.66. The van der Waals surface area contributed by atoms with E-state index in [0.29, 0.717) is 0 Å². The van der Waals surface area contributed by atoms with Gasteiger partial charge in [-0.05, 0) is 130 Å². The van der Waals surface area contributed by atoms with Crippen molar-refractivity contribution in [1.82, 2.24) is 0 Å². The summed E-state index contributed by atoms with van der Waals surface area (Å²) in [6.07, 6.45) is 4.56. The molecule has 7 rings (SSSR count). The van der Waals surface area contributed by atoms with Gasteiger partial charge in [0.05, 0.1) is 5.41 Å². The molecule has 0 nitrogen and oxygen atoms in total. The first kappa shape index (κ1) is 21.8. The van der Waals surface area contributed by atoms with E-state index >= 15 is 0 Å². The lowest BCUT2D eigenvalue weighted by molar-refractivity contribution is 0.765. The maximum Gasteiger partial charge on any atom is 0.0726 e. The minimum Gasteiger partial charge on any atom is -0.0619 e. The van der Waals surface area contributed by atoms with Crippen LogP contribution in [0.2, 0.25) is 0 Å². The zero-order chi connectivity index (χ0) is 23.9. The van der Waals surface area contributed by atoms with Gasteiger partial charge in [-0.3, -0.25) is 0 Å². The van der Waals surface area contributed by atoms with Gasteiger partial charge in [0.1, 0.15) is 0 Å². The molecule has 168 valence electrons. The normalized spacial score (nSPS) is 17.1. The smallest absolute Gasteiger partial charge is 0.0619 e. The Morgan fingerprint density at radius 1 is 0.514 bits per heavy atom. The molecule has 0 fully saturated rings. The fourth-order valence-corrected chi connectivity index (χ4v) is 7.11. The van der Waals surface area contributed by atoms with Crippen LogP contribution in [-0.4, -0.2) is 0 Å². The van der Waals surface area contributed by atoms with Gasteiger partial charge in [-0.2, -0.15) is 0 Å². The van der Waals surface area contributed by atoms with Gasteiger partial charge in [0.15, 0.2) is 0 Å². The second-order valence-corrected chi connectivity index (χ2v) is 12.0. The first-order valence-electron chi connectivity index (χ1n) is 11.6. The zero-order valence-corrected chi connectivity index (χ0v) is 23.6. The third-order valence-corrected chi connectivity index (χ3v) is 10.3. The molecule has 2 aliphatic carbocycles. The topological polar surface area (TPSA) is 0 Å². The molecule has 0 N–H and O–H groups in total. The summed E-state index contributed by atoms with van der Waals surface area (Å²) in [7, 11) is 0. The number of fused-ring (bicyclic) bond motifs is 10. The molecule has 1 atom stereocenters. The Balaban J connectivity index is 1.75. The highest BCUT2D eigenvalue weighted by molar-refractivity contribution is 9.13. The average Bonchev–Trinajstić information content (AvgIpc) is 3.07. The molecule has 1 unspecified atom stereocenters. The van der Waals surface area contributed by atoms with Crippen molar-refractivity contribution in [1.29, 1.82) is 0 Å². The maximum atomic E-state index is 3.88. The number of hydrogen-bond donors (Lipinski definition) is 0. The Morgan fingerprint density at radius 2 is 1.11 bits per heavy atom. The monoisotopic (exact) mass is 640 g/mol. The second kappa shape index (κ2) is 7.77. The molecule has 0 bridgehead atoms. The lowest BCUT2D eigenvalue weighted by Crippen LogP contribution is -2.30. The van der Waals surface area contributed by atoms with Crippen molar-refractivity contribution in [2.24, 2.45) is 0 Å². The molecule has 0 amide bonds. The van der Waals surface area contributed by atoms with Crippen LogP contribution in [0.5, 0.6) is 0 Å². The van der Waals surface area contributed by atoms with E-state index < -0.39 is 5.41 Å². The van der Waals surface area contributed by atoms with E-state index in [4.69, 9.17) is 0 Å². The molecule has 0 aromatic heterocycles. The summed E-state index contributed by atoms with van der Waals surface area (Å²) in [5.74, 6) is 0. The Hall–Kier alpha value is -2.46. The van der Waals surface area contributed by atoms with E-state index in [-0.39, 0.29) is 0 Å². The van der Waals surface area contributed by atoms with Gasteiger partial charge < -0.3 is 0 Å². The zero-order valence-electron chi connectivity index (χ0n) is 18.9. The van der Waals surface area contributed by atoms with Crippen LogP contribution in [0.1, 0.15) is 38.9 Å². The highest BCUT2D eigenvalue weighted by Gasteiger charge is 2.49. The summed E-state index contributed by atoms with van der Waals surface area (Å²) in [6, 6.07) is 31.7. The molecule has 1 spiro atoms. The molecule has 0 heterocycles. The van der Waals surface area contributed by atoms with Crippen LogP contribution in [0.4, 0.5) is 0 Å². The number of hydrogen-bond acceptors (Lipinski definition) is 0. The van der Waals surface area contributed by atoms with Crippen LogP contribution in [-0.2, 0) is 5.41 Å². The van der Waals surface area contributed by atoms with Gasteiger partial charge in [-0.1, -0.05) is 82.7 Å². The van der Waals surface area contributed by atoms with Crippen molar-refractivity contribution in [3.05, 3.63) is 137 Å². The standard InChI is InChI=1S/C32H19Br3/c1-18-12-21-10-11-22-15-30(34)31(35)17-27(22)32(26(21)16-29(18)33)25-9-5-4-8-23(25)24-13-19-6-2-3-7-20(19)14-28(24)32/h2-17H,1H3. The molecule has 35 heavy (non-hydrogen) atoms. The Bertz CT molecular complexity index is 1680.